The van der Waals surface area contributed by atoms with Crippen molar-refractivity contribution in [1.82, 2.24) is 5.32 Å². The first-order valence-corrected chi connectivity index (χ1v) is 5.71. The van der Waals surface area contributed by atoms with E-state index in [1.54, 1.807) is 18.2 Å². The van der Waals surface area contributed by atoms with Crippen molar-refractivity contribution in [2.24, 2.45) is 0 Å². The average Bonchev–Trinajstić information content (AvgIpc) is 2.33. The first-order valence-electron chi connectivity index (χ1n) is 5.71. The number of nitrogens with two attached hydrogens (primary N) is 1. The van der Waals surface area contributed by atoms with Crippen LogP contribution in [0.1, 0.15) is 6.92 Å². The molecule has 1 aromatic carbocycles. The molecule has 2 rings (SSSR count). The fourth-order valence-electron chi connectivity index (χ4n) is 1.79. The third-order valence-electron chi connectivity index (χ3n) is 2.60. The Kier molecular flexibility index (Phi) is 3.36. The Morgan fingerprint density at radius 3 is 3.06 bits per heavy atom. The number of nitrogens with one attached hydrogen (secondary N) is 1. The SMILES string of the molecule is CCNC(=O)CN1C(=O)COc2cc(N)ccc21. The number of nitrogen functional groups attached to an aromatic ring is 1. The van der Waals surface area contributed by atoms with Gasteiger partial charge in [0.2, 0.25) is 5.91 Å². The molecule has 1 aliphatic heterocycles. The molecule has 0 spiro atoms. The van der Waals surface area contributed by atoms with Crippen LogP contribution in [-0.4, -0.2) is 31.5 Å². The maximum atomic E-state index is 11.8. The number of amides is 2. The summed E-state index contributed by atoms with van der Waals surface area (Å²) in [5.74, 6) is 0.0907. The fourth-order valence-corrected chi connectivity index (χ4v) is 1.79. The van der Waals surface area contributed by atoms with Crippen molar-refractivity contribution in [3.63, 3.8) is 0 Å². The molecule has 0 saturated heterocycles. The summed E-state index contributed by atoms with van der Waals surface area (Å²) >= 11 is 0. The quantitative estimate of drug-likeness (QED) is 0.746. The largest absolute Gasteiger partial charge is 0.481 e. The average molecular weight is 249 g/mol. The van der Waals surface area contributed by atoms with E-state index in [1.165, 1.54) is 4.90 Å². The number of benzene rings is 1. The van der Waals surface area contributed by atoms with E-state index in [0.717, 1.165) is 0 Å². The summed E-state index contributed by atoms with van der Waals surface area (Å²) in [4.78, 5) is 24.7. The predicted octanol–water partition coefficient (Wildman–Crippen LogP) is 0.130. The molecule has 1 aromatic rings. The van der Waals surface area contributed by atoms with E-state index in [4.69, 9.17) is 10.5 Å². The summed E-state index contributed by atoms with van der Waals surface area (Å²) in [5.41, 5.74) is 6.78. The number of rotatable bonds is 3. The van der Waals surface area contributed by atoms with Crippen LogP contribution in [0.3, 0.4) is 0 Å². The van der Waals surface area contributed by atoms with Gasteiger partial charge in [-0.1, -0.05) is 0 Å². The highest BCUT2D eigenvalue weighted by atomic mass is 16.5. The second-order valence-electron chi connectivity index (χ2n) is 3.95. The van der Waals surface area contributed by atoms with Gasteiger partial charge in [-0.05, 0) is 19.1 Å². The van der Waals surface area contributed by atoms with Crippen LogP contribution in [0.2, 0.25) is 0 Å². The minimum absolute atomic E-state index is 0.00699. The van der Waals surface area contributed by atoms with E-state index in [-0.39, 0.29) is 25.0 Å². The van der Waals surface area contributed by atoms with Gasteiger partial charge in [0, 0.05) is 18.3 Å². The van der Waals surface area contributed by atoms with Crippen LogP contribution in [0.5, 0.6) is 5.75 Å². The number of fused-ring (bicyclic) bond motifs is 1. The lowest BCUT2D eigenvalue weighted by Crippen LogP contribution is -2.45. The summed E-state index contributed by atoms with van der Waals surface area (Å²) in [7, 11) is 0. The van der Waals surface area contributed by atoms with Crippen molar-refractivity contribution in [2.45, 2.75) is 6.92 Å². The zero-order chi connectivity index (χ0) is 13.1. The molecule has 96 valence electrons. The number of hydrogen-bond acceptors (Lipinski definition) is 4. The van der Waals surface area contributed by atoms with Crippen molar-refractivity contribution in [3.8, 4) is 5.75 Å². The molecule has 0 radical (unpaired) electrons. The molecule has 0 atom stereocenters. The van der Waals surface area contributed by atoms with Crippen molar-refractivity contribution in [1.29, 1.82) is 0 Å². The maximum Gasteiger partial charge on any atom is 0.265 e. The smallest absolute Gasteiger partial charge is 0.265 e. The highest BCUT2D eigenvalue weighted by Gasteiger charge is 2.27. The van der Waals surface area contributed by atoms with Gasteiger partial charge in [-0.2, -0.15) is 0 Å². The third kappa shape index (κ3) is 2.37. The molecule has 2 amide bonds. The standard InChI is InChI=1S/C12H15N3O3/c1-2-14-11(16)6-15-9-4-3-8(13)5-10(9)18-7-12(15)17/h3-5H,2,6-7,13H2,1H3,(H,14,16). The van der Waals surface area contributed by atoms with Gasteiger partial charge in [0.25, 0.3) is 5.91 Å². The van der Waals surface area contributed by atoms with Crippen LogP contribution in [0.15, 0.2) is 18.2 Å². The third-order valence-corrected chi connectivity index (χ3v) is 2.60. The van der Waals surface area contributed by atoms with Crippen molar-refractivity contribution >= 4 is 23.2 Å². The summed E-state index contributed by atoms with van der Waals surface area (Å²) in [6.07, 6.45) is 0. The summed E-state index contributed by atoms with van der Waals surface area (Å²) in [6.45, 7) is 2.28. The lowest BCUT2D eigenvalue weighted by molar-refractivity contribution is -0.125. The molecule has 0 aromatic heterocycles. The number of carbonyl (C=O) groups is 2. The van der Waals surface area contributed by atoms with Gasteiger partial charge in [0.1, 0.15) is 12.3 Å². The molecule has 18 heavy (non-hydrogen) atoms. The first kappa shape index (κ1) is 12.2. The number of likely N-dealkylation sites (N-methyl/N-ethyl adjacent to an activating group) is 1. The van der Waals surface area contributed by atoms with Crippen LogP contribution in [0, 0.1) is 0 Å². The fraction of sp³-hybridized carbons (Fsp3) is 0.333. The van der Waals surface area contributed by atoms with Gasteiger partial charge in [-0.25, -0.2) is 0 Å². The molecule has 3 N–H and O–H groups in total. The van der Waals surface area contributed by atoms with E-state index in [9.17, 15) is 9.59 Å². The Hall–Kier alpha value is -2.24. The number of anilines is 2. The minimum atomic E-state index is -0.237. The van der Waals surface area contributed by atoms with E-state index in [0.29, 0.717) is 23.7 Å². The summed E-state index contributed by atoms with van der Waals surface area (Å²) in [6, 6.07) is 5.00. The number of carbonyl (C=O) groups excluding carboxylic acids is 2. The summed E-state index contributed by atoms with van der Waals surface area (Å²) in [5, 5.41) is 2.66. The molecule has 1 aliphatic rings. The highest BCUT2D eigenvalue weighted by Crippen LogP contribution is 2.33. The Morgan fingerprint density at radius 1 is 1.56 bits per heavy atom. The van der Waals surface area contributed by atoms with Crippen molar-refractivity contribution in [2.75, 3.05) is 30.3 Å². The van der Waals surface area contributed by atoms with Crippen molar-refractivity contribution < 1.29 is 14.3 Å². The van der Waals surface area contributed by atoms with Gasteiger partial charge in [-0.3, -0.25) is 14.5 Å². The van der Waals surface area contributed by atoms with E-state index in [1.807, 2.05) is 6.92 Å². The number of nitrogens with zero attached hydrogens (tertiary/aromatic N) is 1. The second kappa shape index (κ2) is 4.95. The van der Waals surface area contributed by atoms with Crippen LogP contribution in [0.4, 0.5) is 11.4 Å². The molecule has 6 nitrogen and oxygen atoms in total. The van der Waals surface area contributed by atoms with Crippen molar-refractivity contribution in [3.05, 3.63) is 18.2 Å². The molecule has 0 unspecified atom stereocenters. The number of ether oxygens (including phenoxy) is 1. The lowest BCUT2D eigenvalue weighted by Gasteiger charge is -2.28. The van der Waals surface area contributed by atoms with E-state index in [2.05, 4.69) is 5.32 Å². The Balaban J connectivity index is 2.25. The Bertz CT molecular complexity index is 487. The maximum absolute atomic E-state index is 11.8. The van der Waals surface area contributed by atoms with Crippen LogP contribution in [-0.2, 0) is 9.59 Å². The molecular weight excluding hydrogens is 234 g/mol. The van der Waals surface area contributed by atoms with Gasteiger partial charge >= 0.3 is 0 Å². The Labute approximate surface area is 105 Å². The monoisotopic (exact) mass is 249 g/mol. The highest BCUT2D eigenvalue weighted by molar-refractivity contribution is 6.02. The molecule has 0 saturated carbocycles. The zero-order valence-corrected chi connectivity index (χ0v) is 10.1. The van der Waals surface area contributed by atoms with Gasteiger partial charge in [-0.15, -0.1) is 0 Å². The Morgan fingerprint density at radius 2 is 2.33 bits per heavy atom. The number of hydrogen-bond donors (Lipinski definition) is 2. The minimum Gasteiger partial charge on any atom is -0.481 e. The molecule has 6 heteroatoms. The topological polar surface area (TPSA) is 84.7 Å². The molecule has 0 aliphatic carbocycles. The van der Waals surface area contributed by atoms with Gasteiger partial charge in [0.05, 0.1) is 5.69 Å². The second-order valence-corrected chi connectivity index (χ2v) is 3.95. The normalized spacial score (nSPS) is 13.8. The lowest BCUT2D eigenvalue weighted by atomic mass is 10.2. The zero-order valence-electron chi connectivity index (χ0n) is 10.1. The summed E-state index contributed by atoms with van der Waals surface area (Å²) < 4.78 is 5.29. The van der Waals surface area contributed by atoms with Crippen LogP contribution < -0.4 is 20.7 Å². The first-order chi connectivity index (χ1) is 8.61. The van der Waals surface area contributed by atoms with E-state index < -0.39 is 0 Å². The molecule has 0 fully saturated rings. The van der Waals surface area contributed by atoms with Gasteiger partial charge < -0.3 is 15.8 Å². The molecule has 1 heterocycles. The van der Waals surface area contributed by atoms with Crippen LogP contribution >= 0.6 is 0 Å². The van der Waals surface area contributed by atoms with Gasteiger partial charge in [0.15, 0.2) is 6.61 Å². The molecular formula is C12H15N3O3. The van der Waals surface area contributed by atoms with E-state index >= 15 is 0 Å². The van der Waals surface area contributed by atoms with Crippen LogP contribution in [0.25, 0.3) is 0 Å². The predicted molar refractivity (Wildman–Crippen MR) is 67.4 cm³/mol. The molecule has 0 bridgehead atoms.